The Hall–Kier alpha value is -4.98. The third-order valence-corrected chi connectivity index (χ3v) is 7.68. The lowest BCUT2D eigenvalue weighted by molar-refractivity contribution is -0.288. The summed E-state index contributed by atoms with van der Waals surface area (Å²) in [6.45, 7) is 6.37. The first-order valence-electron chi connectivity index (χ1n) is 17.6. The number of nitrogens with one attached hydrogen (secondary N) is 1. The molecule has 304 valence electrons. The van der Waals surface area contributed by atoms with Gasteiger partial charge in [0.1, 0.15) is 29.8 Å². The second-order valence-corrected chi connectivity index (χ2v) is 12.0. The van der Waals surface area contributed by atoms with Gasteiger partial charge in [-0.05, 0) is 30.2 Å². The molecule has 0 aliphatic carbocycles. The van der Waals surface area contributed by atoms with Crippen LogP contribution >= 0.6 is 0 Å². The quantitative estimate of drug-likeness (QED) is 0.0386. The number of azide groups is 1. The second kappa shape index (κ2) is 23.7. The number of fused-ring (bicyclic) bond motifs is 1. The molecule has 1 saturated heterocycles. The van der Waals surface area contributed by atoms with E-state index in [9.17, 15) is 29.1 Å². The maximum absolute atomic E-state index is 12.4. The highest BCUT2D eigenvalue weighted by Crippen LogP contribution is 2.36. The van der Waals surface area contributed by atoms with Crippen molar-refractivity contribution < 1.29 is 76.1 Å². The van der Waals surface area contributed by atoms with Gasteiger partial charge in [0.05, 0.1) is 51.6 Å². The summed E-state index contributed by atoms with van der Waals surface area (Å²) in [6, 6.07) is 4.77. The van der Waals surface area contributed by atoms with Crippen molar-refractivity contribution in [2.24, 2.45) is 5.11 Å². The van der Waals surface area contributed by atoms with Crippen molar-refractivity contribution in [1.29, 1.82) is 0 Å². The molecular weight excluding hydrogens is 732 g/mol. The van der Waals surface area contributed by atoms with E-state index in [1.165, 1.54) is 13.0 Å². The Labute approximate surface area is 316 Å². The number of furan rings is 1. The average Bonchev–Trinajstić information content (AvgIpc) is 3.56. The number of aryl methyl sites for hydroxylation is 1. The number of aliphatic hydroxyl groups is 1. The number of aliphatic hydroxyl groups excluding tert-OH is 1. The summed E-state index contributed by atoms with van der Waals surface area (Å²) in [5.74, 6) is -2.53. The molecule has 1 fully saturated rings. The van der Waals surface area contributed by atoms with E-state index in [0.717, 1.165) is 20.8 Å². The molecule has 1 aliphatic rings. The fourth-order valence-corrected chi connectivity index (χ4v) is 5.43. The molecule has 55 heavy (non-hydrogen) atoms. The van der Waals surface area contributed by atoms with Gasteiger partial charge >= 0.3 is 23.9 Å². The lowest BCUT2D eigenvalue weighted by Crippen LogP contribution is -2.63. The zero-order chi connectivity index (χ0) is 40.2. The molecule has 0 radical (unpaired) electrons. The molecule has 2 aromatic rings. The standard InChI is InChI=1S/C35H48N4O16/c1-21(41)49-20-29-32(50-22(2)42)33(51-23(3)43)34(52-24(4)44)35(55-29)54-28-9-8-25(19-40)31-27(28)18-26(53-31)6-5-7-30(45)37-10-12-46-14-16-48-17-15-47-13-11-38-39-36/h8-9,18,29,32-35,40H,5-7,10-17,19-20H2,1-4H3,(H,37,45)/t29-,32+,33+,34-,35-/m1/s1. The molecule has 0 unspecified atom stereocenters. The summed E-state index contributed by atoms with van der Waals surface area (Å²) >= 11 is 0. The Kier molecular flexibility index (Phi) is 19.2. The van der Waals surface area contributed by atoms with Crippen molar-refractivity contribution in [3.63, 3.8) is 0 Å². The number of carbonyl (C=O) groups is 5. The molecule has 0 spiro atoms. The van der Waals surface area contributed by atoms with Gasteiger partial charge in [-0.15, -0.1) is 0 Å². The molecule has 20 heteroatoms. The summed E-state index contributed by atoms with van der Waals surface area (Å²) < 4.78 is 55.9. The minimum Gasteiger partial charge on any atom is -0.463 e. The van der Waals surface area contributed by atoms with Crippen molar-refractivity contribution in [1.82, 2.24) is 5.32 Å². The van der Waals surface area contributed by atoms with E-state index in [1.807, 2.05) is 0 Å². The van der Waals surface area contributed by atoms with E-state index < -0.39 is 61.2 Å². The molecule has 2 heterocycles. The molecule has 0 saturated carbocycles. The Balaban J connectivity index is 1.63. The maximum atomic E-state index is 12.4. The SMILES string of the molecule is CC(=O)OC[C@H]1O[C@@H](Oc2ccc(CO)c3oc(CCCC(=O)NCCOCCOCCOCCN=[N+]=[N-])cc23)[C@H](OC(C)=O)[C@@H](OC(C)=O)[C@H]1OC(C)=O. The number of hydrogen-bond donors (Lipinski definition) is 2. The molecule has 2 N–H and O–H groups in total. The van der Waals surface area contributed by atoms with Gasteiger partial charge in [-0.2, -0.15) is 0 Å². The molecule has 1 amide bonds. The Morgan fingerprint density at radius 1 is 0.855 bits per heavy atom. The summed E-state index contributed by atoms with van der Waals surface area (Å²) in [5, 5.41) is 16.6. The summed E-state index contributed by atoms with van der Waals surface area (Å²) in [6.07, 6.45) is -5.96. The van der Waals surface area contributed by atoms with Crippen LogP contribution in [-0.4, -0.2) is 125 Å². The van der Waals surface area contributed by atoms with Crippen molar-refractivity contribution >= 4 is 40.8 Å². The highest BCUT2D eigenvalue weighted by atomic mass is 16.7. The summed E-state index contributed by atoms with van der Waals surface area (Å²) in [7, 11) is 0. The third kappa shape index (κ3) is 15.4. The highest BCUT2D eigenvalue weighted by Gasteiger charge is 2.53. The number of nitrogens with zero attached hydrogens (tertiary/aromatic N) is 3. The van der Waals surface area contributed by atoms with Crippen LogP contribution in [0.5, 0.6) is 5.75 Å². The van der Waals surface area contributed by atoms with E-state index in [4.69, 9.17) is 52.6 Å². The molecule has 0 bridgehead atoms. The van der Waals surface area contributed by atoms with Gasteiger partial charge in [0.2, 0.25) is 18.3 Å². The molecule has 1 aromatic heterocycles. The number of ether oxygens (including phenoxy) is 9. The first-order valence-corrected chi connectivity index (χ1v) is 17.6. The van der Waals surface area contributed by atoms with Crippen molar-refractivity contribution in [3.05, 3.63) is 40.0 Å². The van der Waals surface area contributed by atoms with E-state index >= 15 is 0 Å². The smallest absolute Gasteiger partial charge is 0.303 e. The molecule has 3 rings (SSSR count). The minimum absolute atomic E-state index is 0.168. The molecular formula is C35H48N4O16. The van der Waals surface area contributed by atoms with Crippen LogP contribution in [0.4, 0.5) is 0 Å². The average molecular weight is 781 g/mol. The van der Waals surface area contributed by atoms with Crippen LogP contribution in [0.2, 0.25) is 0 Å². The lowest BCUT2D eigenvalue weighted by atomic mass is 9.98. The predicted molar refractivity (Wildman–Crippen MR) is 187 cm³/mol. The van der Waals surface area contributed by atoms with Crippen molar-refractivity contribution in [2.75, 3.05) is 59.3 Å². The zero-order valence-electron chi connectivity index (χ0n) is 31.2. The number of carbonyl (C=O) groups excluding carboxylic acids is 5. The topological polar surface area (TPSA) is 263 Å². The van der Waals surface area contributed by atoms with E-state index in [2.05, 4.69) is 15.3 Å². The molecule has 5 atom stereocenters. The maximum Gasteiger partial charge on any atom is 0.303 e. The van der Waals surface area contributed by atoms with E-state index in [1.54, 1.807) is 12.1 Å². The summed E-state index contributed by atoms with van der Waals surface area (Å²) in [4.78, 5) is 63.2. The lowest BCUT2D eigenvalue weighted by Gasteiger charge is -2.43. The first-order chi connectivity index (χ1) is 26.4. The normalized spacial score (nSPS) is 19.2. The first kappa shape index (κ1) is 44.4. The number of amides is 1. The minimum atomic E-state index is -1.48. The van der Waals surface area contributed by atoms with E-state index in [-0.39, 0.29) is 31.2 Å². The zero-order valence-corrected chi connectivity index (χ0v) is 31.2. The van der Waals surface area contributed by atoms with Gasteiger partial charge < -0.3 is 57.5 Å². The van der Waals surface area contributed by atoms with Crippen LogP contribution in [0.1, 0.15) is 51.9 Å². The Morgan fingerprint density at radius 3 is 2.13 bits per heavy atom. The second-order valence-electron chi connectivity index (χ2n) is 12.0. The third-order valence-electron chi connectivity index (χ3n) is 7.68. The number of hydrogen-bond acceptors (Lipinski definition) is 17. The summed E-state index contributed by atoms with van der Waals surface area (Å²) in [5.41, 5.74) is 8.94. The molecule has 1 aliphatic heterocycles. The largest absolute Gasteiger partial charge is 0.463 e. The van der Waals surface area contributed by atoms with Crippen LogP contribution in [0.25, 0.3) is 21.4 Å². The van der Waals surface area contributed by atoms with Crippen LogP contribution in [-0.2, 0) is 74.9 Å². The van der Waals surface area contributed by atoms with Gasteiger partial charge in [0.25, 0.3) is 0 Å². The monoisotopic (exact) mass is 780 g/mol. The van der Waals surface area contributed by atoms with Crippen LogP contribution in [0.15, 0.2) is 27.7 Å². The van der Waals surface area contributed by atoms with Crippen molar-refractivity contribution in [2.45, 2.75) is 84.3 Å². The predicted octanol–water partition coefficient (Wildman–Crippen LogP) is 2.19. The Bertz CT molecular complexity index is 1630. The van der Waals surface area contributed by atoms with Gasteiger partial charge in [-0.25, -0.2) is 0 Å². The highest BCUT2D eigenvalue weighted by molar-refractivity contribution is 5.87. The number of esters is 4. The molecule has 20 nitrogen and oxygen atoms in total. The van der Waals surface area contributed by atoms with Crippen molar-refractivity contribution in [3.8, 4) is 5.75 Å². The Morgan fingerprint density at radius 2 is 1.49 bits per heavy atom. The van der Waals surface area contributed by atoms with Crippen LogP contribution in [0, 0.1) is 0 Å². The van der Waals surface area contributed by atoms with Gasteiger partial charge in [0.15, 0.2) is 12.2 Å². The molecule has 1 aromatic carbocycles. The fourth-order valence-electron chi connectivity index (χ4n) is 5.43. The van der Waals surface area contributed by atoms with Crippen LogP contribution in [0.3, 0.4) is 0 Å². The van der Waals surface area contributed by atoms with Gasteiger partial charge in [-0.1, -0.05) is 5.11 Å². The fraction of sp³-hybridized carbons (Fsp3) is 0.629. The number of rotatable bonds is 24. The van der Waals surface area contributed by atoms with E-state index in [0.29, 0.717) is 81.3 Å². The number of benzene rings is 1. The van der Waals surface area contributed by atoms with Gasteiger partial charge in [0, 0.05) is 64.1 Å². The van der Waals surface area contributed by atoms with Gasteiger partial charge in [-0.3, -0.25) is 24.0 Å². The van der Waals surface area contributed by atoms with Crippen LogP contribution < -0.4 is 10.1 Å².